The summed E-state index contributed by atoms with van der Waals surface area (Å²) in [5.74, 6) is 0.672. The third-order valence-corrected chi connectivity index (χ3v) is 6.68. The molecule has 7 heteroatoms. The van der Waals surface area contributed by atoms with Crippen LogP contribution >= 0.6 is 0 Å². The Hall–Kier alpha value is -4.26. The van der Waals surface area contributed by atoms with Gasteiger partial charge in [-0.3, -0.25) is 14.5 Å². The highest BCUT2D eigenvalue weighted by molar-refractivity contribution is 6.51. The van der Waals surface area contributed by atoms with Gasteiger partial charge in [-0.1, -0.05) is 39.8 Å². The van der Waals surface area contributed by atoms with Crippen molar-refractivity contribution in [1.29, 1.82) is 0 Å². The molecule has 7 nitrogen and oxygen atoms in total. The minimum atomic E-state index is -0.868. The van der Waals surface area contributed by atoms with E-state index >= 15 is 0 Å². The second-order valence-corrected chi connectivity index (χ2v) is 10.3. The van der Waals surface area contributed by atoms with Crippen molar-refractivity contribution in [3.63, 3.8) is 0 Å². The summed E-state index contributed by atoms with van der Waals surface area (Å²) in [5, 5.41) is 11.6. The van der Waals surface area contributed by atoms with Gasteiger partial charge < -0.3 is 19.3 Å². The number of hydrogen-bond donors (Lipinski definition) is 1. The largest absolute Gasteiger partial charge is 0.507 e. The van der Waals surface area contributed by atoms with E-state index in [9.17, 15) is 14.7 Å². The number of rotatable bonds is 9. The van der Waals surface area contributed by atoms with Gasteiger partial charge in [-0.15, -0.1) is 0 Å². The van der Waals surface area contributed by atoms with E-state index in [4.69, 9.17) is 14.2 Å². The Balaban J connectivity index is 1.87. The van der Waals surface area contributed by atoms with Crippen molar-refractivity contribution in [2.24, 2.45) is 5.92 Å². The molecule has 3 aromatic rings. The highest BCUT2D eigenvalue weighted by Gasteiger charge is 2.47. The number of nitrogens with zero attached hydrogens (tertiary/aromatic N) is 1. The lowest BCUT2D eigenvalue weighted by molar-refractivity contribution is -0.132. The van der Waals surface area contributed by atoms with Gasteiger partial charge in [0.2, 0.25) is 0 Å². The fraction of sp³-hybridized carbons (Fsp3) is 0.312. The van der Waals surface area contributed by atoms with E-state index in [2.05, 4.69) is 13.8 Å². The molecule has 3 aromatic carbocycles. The predicted molar refractivity (Wildman–Crippen MR) is 152 cm³/mol. The third-order valence-electron chi connectivity index (χ3n) is 6.68. The van der Waals surface area contributed by atoms with Crippen LogP contribution in [0.3, 0.4) is 0 Å². The summed E-state index contributed by atoms with van der Waals surface area (Å²) in [7, 11) is 3.14. The summed E-state index contributed by atoms with van der Waals surface area (Å²) in [6, 6.07) is 18.6. The van der Waals surface area contributed by atoms with Crippen LogP contribution in [-0.2, 0) is 9.59 Å². The zero-order chi connectivity index (χ0) is 28.3. The van der Waals surface area contributed by atoms with Gasteiger partial charge in [0.1, 0.15) is 23.0 Å². The van der Waals surface area contributed by atoms with Crippen LogP contribution in [0.25, 0.3) is 5.76 Å². The van der Waals surface area contributed by atoms with Gasteiger partial charge in [0.15, 0.2) is 0 Å². The number of ether oxygens (including phenoxy) is 3. The third kappa shape index (κ3) is 5.62. The molecule has 0 aliphatic carbocycles. The standard InChI is InChI=1S/C32H35NO6/c1-19(2)18-39-24-13-11-23(12-14-24)33-29(21-8-7-9-25(16-21)37-5)28(31(35)32(33)36)30(34)22-10-15-27(38-6)26(17-22)20(3)4/h7-17,19-20,29,34H,18H2,1-6H3/b30-28-. The molecule has 4 rings (SSSR count). The van der Waals surface area contributed by atoms with Crippen molar-refractivity contribution >= 4 is 23.1 Å². The van der Waals surface area contributed by atoms with Crippen LogP contribution in [0.4, 0.5) is 5.69 Å². The molecule has 1 saturated heterocycles. The zero-order valence-electron chi connectivity index (χ0n) is 23.2. The minimum Gasteiger partial charge on any atom is -0.507 e. The molecule has 1 N–H and O–H groups in total. The number of benzene rings is 3. The Bertz CT molecular complexity index is 1390. The second kappa shape index (κ2) is 11.6. The lowest BCUT2D eigenvalue weighted by Crippen LogP contribution is -2.29. The fourth-order valence-electron chi connectivity index (χ4n) is 4.68. The fourth-order valence-corrected chi connectivity index (χ4v) is 4.68. The summed E-state index contributed by atoms with van der Waals surface area (Å²) >= 11 is 0. The first-order chi connectivity index (χ1) is 18.7. The highest BCUT2D eigenvalue weighted by atomic mass is 16.5. The van der Waals surface area contributed by atoms with E-state index in [0.717, 1.165) is 5.56 Å². The maximum Gasteiger partial charge on any atom is 0.300 e. The second-order valence-electron chi connectivity index (χ2n) is 10.3. The molecule has 1 aliphatic rings. The van der Waals surface area contributed by atoms with Gasteiger partial charge in [0, 0.05) is 11.3 Å². The number of hydrogen-bond acceptors (Lipinski definition) is 6. The monoisotopic (exact) mass is 529 g/mol. The lowest BCUT2D eigenvalue weighted by atomic mass is 9.93. The van der Waals surface area contributed by atoms with E-state index in [0.29, 0.717) is 46.6 Å². The first kappa shape index (κ1) is 27.8. The Kier molecular flexibility index (Phi) is 8.29. The zero-order valence-corrected chi connectivity index (χ0v) is 23.2. The number of ketones is 1. The molecule has 1 fully saturated rings. The van der Waals surface area contributed by atoms with Crippen molar-refractivity contribution in [2.45, 2.75) is 39.7 Å². The first-order valence-corrected chi connectivity index (χ1v) is 13.0. The molecule has 0 saturated carbocycles. The van der Waals surface area contributed by atoms with Crippen molar-refractivity contribution in [1.82, 2.24) is 0 Å². The predicted octanol–water partition coefficient (Wildman–Crippen LogP) is 6.49. The normalized spacial score (nSPS) is 16.7. The molecule has 1 atom stereocenters. The average molecular weight is 530 g/mol. The maximum absolute atomic E-state index is 13.5. The summed E-state index contributed by atoms with van der Waals surface area (Å²) in [4.78, 5) is 28.5. The van der Waals surface area contributed by atoms with Crippen molar-refractivity contribution in [2.75, 3.05) is 25.7 Å². The molecular weight excluding hydrogens is 494 g/mol. The van der Waals surface area contributed by atoms with Crippen molar-refractivity contribution < 1.29 is 28.9 Å². The quantitative estimate of drug-likeness (QED) is 0.194. The Morgan fingerprint density at radius 1 is 0.897 bits per heavy atom. The van der Waals surface area contributed by atoms with E-state index in [1.54, 1.807) is 74.9 Å². The molecule has 0 radical (unpaired) electrons. The highest BCUT2D eigenvalue weighted by Crippen LogP contribution is 2.43. The number of carbonyl (C=O) groups excluding carboxylic acids is 2. The number of aliphatic hydroxyl groups excluding tert-OH is 1. The van der Waals surface area contributed by atoms with Crippen LogP contribution in [-0.4, -0.2) is 37.6 Å². The molecule has 0 aromatic heterocycles. The Morgan fingerprint density at radius 3 is 2.23 bits per heavy atom. The Labute approximate surface area is 229 Å². The molecule has 1 aliphatic heterocycles. The van der Waals surface area contributed by atoms with Gasteiger partial charge in [0.05, 0.1) is 32.4 Å². The minimum absolute atomic E-state index is 0.00765. The van der Waals surface area contributed by atoms with E-state index in [1.165, 1.54) is 4.90 Å². The van der Waals surface area contributed by atoms with Crippen molar-refractivity contribution in [3.8, 4) is 17.2 Å². The van der Waals surface area contributed by atoms with Crippen LogP contribution in [0.15, 0.2) is 72.3 Å². The average Bonchev–Trinajstić information content (AvgIpc) is 3.21. The Morgan fingerprint density at radius 2 is 1.62 bits per heavy atom. The topological polar surface area (TPSA) is 85.3 Å². The number of methoxy groups -OCH3 is 2. The molecule has 0 bridgehead atoms. The number of Topliss-reactive ketones (excluding diaryl/α,β-unsaturated/α-hetero) is 1. The van der Waals surface area contributed by atoms with E-state index in [-0.39, 0.29) is 17.3 Å². The smallest absolute Gasteiger partial charge is 0.300 e. The van der Waals surface area contributed by atoms with Crippen LogP contribution in [0, 0.1) is 5.92 Å². The number of aliphatic hydroxyl groups is 1. The summed E-state index contributed by atoms with van der Waals surface area (Å²) in [6.07, 6.45) is 0. The molecular formula is C32H35NO6. The summed E-state index contributed by atoms with van der Waals surface area (Å²) in [5.41, 5.74) is 2.47. The van der Waals surface area contributed by atoms with Crippen LogP contribution < -0.4 is 19.1 Å². The van der Waals surface area contributed by atoms with Crippen LogP contribution in [0.1, 0.15) is 56.3 Å². The number of amides is 1. The van der Waals surface area contributed by atoms with Gasteiger partial charge in [-0.25, -0.2) is 0 Å². The number of carbonyl (C=O) groups is 2. The SMILES string of the molecule is COc1cccc(C2/C(=C(/O)c3ccc(OC)c(C(C)C)c3)C(=O)C(=O)N2c2ccc(OCC(C)C)cc2)c1. The van der Waals surface area contributed by atoms with Gasteiger partial charge in [0.25, 0.3) is 11.7 Å². The van der Waals surface area contributed by atoms with E-state index < -0.39 is 17.7 Å². The van der Waals surface area contributed by atoms with Crippen LogP contribution in [0.5, 0.6) is 17.2 Å². The maximum atomic E-state index is 13.5. The molecule has 0 spiro atoms. The number of anilines is 1. The molecule has 1 unspecified atom stereocenters. The molecule has 1 heterocycles. The van der Waals surface area contributed by atoms with Crippen LogP contribution in [0.2, 0.25) is 0 Å². The van der Waals surface area contributed by atoms with E-state index in [1.807, 2.05) is 19.9 Å². The van der Waals surface area contributed by atoms with Gasteiger partial charge in [-0.05, 0) is 77.6 Å². The molecule has 204 valence electrons. The van der Waals surface area contributed by atoms with Gasteiger partial charge in [-0.2, -0.15) is 0 Å². The van der Waals surface area contributed by atoms with Crippen molar-refractivity contribution in [3.05, 3.63) is 89.0 Å². The van der Waals surface area contributed by atoms with Gasteiger partial charge >= 0.3 is 0 Å². The summed E-state index contributed by atoms with van der Waals surface area (Å²) < 4.78 is 16.7. The lowest BCUT2D eigenvalue weighted by Gasteiger charge is -2.26. The molecule has 39 heavy (non-hydrogen) atoms. The molecule has 1 amide bonds. The summed E-state index contributed by atoms with van der Waals surface area (Å²) in [6.45, 7) is 8.73. The first-order valence-electron chi connectivity index (χ1n) is 13.0.